The van der Waals surface area contributed by atoms with Crippen molar-refractivity contribution in [3.8, 4) is 11.8 Å². The van der Waals surface area contributed by atoms with Gasteiger partial charge in [-0.3, -0.25) is 4.79 Å². The number of carbonyl (C=O) groups excluding carboxylic acids is 1. The highest BCUT2D eigenvalue weighted by atomic mass is 16.1. The van der Waals surface area contributed by atoms with Gasteiger partial charge in [-0.15, -0.1) is 0 Å². The third kappa shape index (κ3) is 3.77. The van der Waals surface area contributed by atoms with E-state index in [4.69, 9.17) is 0 Å². The van der Waals surface area contributed by atoms with Crippen LogP contribution in [0.25, 0.3) is 0 Å². The van der Waals surface area contributed by atoms with Gasteiger partial charge in [0.2, 0.25) is 0 Å². The van der Waals surface area contributed by atoms with Crippen molar-refractivity contribution in [3.05, 3.63) is 23.3 Å². The Morgan fingerprint density at radius 1 is 1.40 bits per heavy atom. The number of hydrogen-bond donors (Lipinski definition) is 1. The smallest absolute Gasteiger partial charge is 0.296 e. The number of aryl methyl sites for hydroxylation is 2. The molecule has 0 saturated carbocycles. The molecule has 0 aliphatic carbocycles. The molecule has 0 unspecified atom stereocenters. The van der Waals surface area contributed by atoms with Gasteiger partial charge in [0, 0.05) is 11.4 Å². The van der Waals surface area contributed by atoms with Crippen LogP contribution >= 0.6 is 0 Å². The van der Waals surface area contributed by atoms with E-state index in [2.05, 4.69) is 27.1 Å². The van der Waals surface area contributed by atoms with Crippen molar-refractivity contribution < 1.29 is 4.79 Å². The summed E-state index contributed by atoms with van der Waals surface area (Å²) >= 11 is 0. The molecular formula is C11H13N3O. The molecule has 1 rings (SSSR count). The molecule has 4 heteroatoms. The molecule has 0 radical (unpaired) electrons. The minimum absolute atomic E-state index is 0.305. The molecule has 15 heavy (non-hydrogen) atoms. The Hall–Kier alpha value is -1.89. The Morgan fingerprint density at radius 3 is 2.53 bits per heavy atom. The molecule has 1 aromatic heterocycles. The normalized spacial score (nSPS) is 9.00. The fourth-order valence-electron chi connectivity index (χ4n) is 1.20. The van der Waals surface area contributed by atoms with Gasteiger partial charge in [0.25, 0.3) is 5.91 Å². The zero-order valence-corrected chi connectivity index (χ0v) is 9.09. The lowest BCUT2D eigenvalue weighted by atomic mass is 10.3. The van der Waals surface area contributed by atoms with Crippen LogP contribution in [0.4, 0.5) is 0 Å². The maximum absolute atomic E-state index is 11.0. The summed E-state index contributed by atoms with van der Waals surface area (Å²) in [5, 5.41) is 2.62. The second-order valence-electron chi connectivity index (χ2n) is 3.12. The van der Waals surface area contributed by atoms with Crippen LogP contribution in [-0.4, -0.2) is 15.9 Å². The summed E-state index contributed by atoms with van der Waals surface area (Å²) in [6.07, 6.45) is 0. The van der Waals surface area contributed by atoms with E-state index < -0.39 is 0 Å². The molecule has 0 spiro atoms. The van der Waals surface area contributed by atoms with Crippen LogP contribution in [0.1, 0.15) is 24.1 Å². The van der Waals surface area contributed by atoms with Crippen molar-refractivity contribution in [1.82, 2.24) is 15.3 Å². The average Bonchev–Trinajstić information content (AvgIpc) is 2.14. The van der Waals surface area contributed by atoms with Gasteiger partial charge >= 0.3 is 0 Å². The van der Waals surface area contributed by atoms with Crippen LogP contribution in [0, 0.1) is 25.7 Å². The van der Waals surface area contributed by atoms with Crippen molar-refractivity contribution in [2.45, 2.75) is 27.3 Å². The summed E-state index contributed by atoms with van der Waals surface area (Å²) in [5.41, 5.74) is 1.79. The summed E-state index contributed by atoms with van der Waals surface area (Å²) in [7, 11) is 0. The number of rotatable bonds is 2. The van der Waals surface area contributed by atoms with Crippen molar-refractivity contribution >= 4 is 5.91 Å². The topological polar surface area (TPSA) is 54.9 Å². The highest BCUT2D eigenvalue weighted by molar-refractivity contribution is 5.93. The molecule has 0 saturated heterocycles. The molecule has 0 bridgehead atoms. The van der Waals surface area contributed by atoms with Crippen LogP contribution in [0.3, 0.4) is 0 Å². The predicted molar refractivity (Wildman–Crippen MR) is 56.8 cm³/mol. The molecule has 4 nitrogen and oxygen atoms in total. The Kier molecular flexibility index (Phi) is 3.81. The van der Waals surface area contributed by atoms with E-state index in [9.17, 15) is 4.79 Å². The Bertz CT molecular complexity index is 409. The van der Waals surface area contributed by atoms with E-state index in [1.54, 1.807) is 6.92 Å². The third-order valence-electron chi connectivity index (χ3n) is 1.67. The van der Waals surface area contributed by atoms with Crippen LogP contribution in [0.2, 0.25) is 0 Å². The number of hydrogen-bond acceptors (Lipinski definition) is 3. The standard InChI is InChI=1S/C11H13N3O/c1-4-5-11(15)12-7-10-13-8(2)6-9(3)14-10/h6H,7H2,1-3H3,(H,12,15). The first-order valence-corrected chi connectivity index (χ1v) is 4.63. The average molecular weight is 203 g/mol. The SMILES string of the molecule is CC#CC(=O)NCc1nc(C)cc(C)n1. The number of nitrogens with one attached hydrogen (secondary N) is 1. The molecule has 78 valence electrons. The fourth-order valence-corrected chi connectivity index (χ4v) is 1.20. The summed E-state index contributed by atoms with van der Waals surface area (Å²) in [6, 6.07) is 1.89. The highest BCUT2D eigenvalue weighted by Gasteiger charge is 2.01. The number of amides is 1. The molecule has 1 amide bonds. The van der Waals surface area contributed by atoms with Gasteiger partial charge in [-0.2, -0.15) is 0 Å². The number of carbonyl (C=O) groups is 1. The maximum atomic E-state index is 11.0. The largest absolute Gasteiger partial charge is 0.338 e. The molecule has 1 heterocycles. The number of aromatic nitrogens is 2. The summed E-state index contributed by atoms with van der Waals surface area (Å²) < 4.78 is 0. The summed E-state index contributed by atoms with van der Waals surface area (Å²) in [4.78, 5) is 19.4. The van der Waals surface area contributed by atoms with Crippen LogP contribution in [0.15, 0.2) is 6.07 Å². The number of nitrogens with zero attached hydrogens (tertiary/aromatic N) is 2. The zero-order chi connectivity index (χ0) is 11.3. The van der Waals surface area contributed by atoms with E-state index in [0.717, 1.165) is 11.4 Å². The van der Waals surface area contributed by atoms with Gasteiger partial charge in [0.05, 0.1) is 6.54 Å². The van der Waals surface area contributed by atoms with Crippen molar-refractivity contribution in [1.29, 1.82) is 0 Å². The summed E-state index contributed by atoms with van der Waals surface area (Å²) in [5.74, 6) is 5.22. The second kappa shape index (κ2) is 5.11. The van der Waals surface area contributed by atoms with Crippen LogP contribution in [-0.2, 0) is 11.3 Å². The van der Waals surface area contributed by atoms with Gasteiger partial charge in [-0.1, -0.05) is 5.92 Å². The van der Waals surface area contributed by atoms with E-state index in [1.807, 2.05) is 19.9 Å². The van der Waals surface area contributed by atoms with Gasteiger partial charge in [-0.05, 0) is 32.8 Å². The first-order chi connectivity index (χ1) is 7.11. The summed E-state index contributed by atoms with van der Waals surface area (Å²) in [6.45, 7) is 5.72. The maximum Gasteiger partial charge on any atom is 0.296 e. The molecule has 0 atom stereocenters. The monoisotopic (exact) mass is 203 g/mol. The minimum Gasteiger partial charge on any atom is -0.338 e. The quantitative estimate of drug-likeness (QED) is 0.721. The first-order valence-electron chi connectivity index (χ1n) is 4.63. The molecule has 0 aromatic carbocycles. The minimum atomic E-state index is -0.305. The van der Waals surface area contributed by atoms with Gasteiger partial charge in [0.1, 0.15) is 5.82 Å². The van der Waals surface area contributed by atoms with Gasteiger partial charge < -0.3 is 5.32 Å². The van der Waals surface area contributed by atoms with E-state index >= 15 is 0 Å². The van der Waals surface area contributed by atoms with Gasteiger partial charge in [-0.25, -0.2) is 9.97 Å². The predicted octanol–water partition coefficient (Wildman–Crippen LogP) is 0.733. The highest BCUT2D eigenvalue weighted by Crippen LogP contribution is 1.98. The third-order valence-corrected chi connectivity index (χ3v) is 1.67. The van der Waals surface area contributed by atoms with Gasteiger partial charge in [0.15, 0.2) is 0 Å². The fraction of sp³-hybridized carbons (Fsp3) is 0.364. The lowest BCUT2D eigenvalue weighted by Crippen LogP contribution is -2.22. The van der Waals surface area contributed by atoms with Crippen LogP contribution < -0.4 is 5.32 Å². The molecule has 0 aliphatic rings. The zero-order valence-electron chi connectivity index (χ0n) is 9.09. The van der Waals surface area contributed by atoms with Crippen molar-refractivity contribution in [2.24, 2.45) is 0 Å². The molecule has 0 fully saturated rings. The Morgan fingerprint density at radius 2 is 2.00 bits per heavy atom. The lowest BCUT2D eigenvalue weighted by molar-refractivity contribution is -0.115. The van der Waals surface area contributed by atoms with Crippen LogP contribution in [0.5, 0.6) is 0 Å². The Balaban J connectivity index is 2.64. The molecule has 1 aromatic rings. The van der Waals surface area contributed by atoms with Crippen molar-refractivity contribution in [3.63, 3.8) is 0 Å². The molecular weight excluding hydrogens is 190 g/mol. The van der Waals surface area contributed by atoms with E-state index in [1.165, 1.54) is 0 Å². The lowest BCUT2D eigenvalue weighted by Gasteiger charge is -2.02. The second-order valence-corrected chi connectivity index (χ2v) is 3.12. The van der Waals surface area contributed by atoms with E-state index in [0.29, 0.717) is 12.4 Å². The van der Waals surface area contributed by atoms with E-state index in [-0.39, 0.29) is 5.91 Å². The first kappa shape index (κ1) is 11.2. The Labute approximate surface area is 89.1 Å². The molecule has 1 N–H and O–H groups in total. The van der Waals surface area contributed by atoms with Crippen molar-refractivity contribution in [2.75, 3.05) is 0 Å². The molecule has 0 aliphatic heterocycles.